The van der Waals surface area contributed by atoms with Crippen molar-refractivity contribution in [2.24, 2.45) is 0 Å². The van der Waals surface area contributed by atoms with Gasteiger partial charge in [-0.25, -0.2) is 0 Å². The van der Waals surface area contributed by atoms with Gasteiger partial charge >= 0.3 is 0 Å². The Kier molecular flexibility index (Phi) is 5.60. The van der Waals surface area contributed by atoms with E-state index in [2.05, 4.69) is 11.9 Å². The molecule has 2 amide bonds. The quantitative estimate of drug-likeness (QED) is 0.593. The molecule has 0 saturated heterocycles. The van der Waals surface area contributed by atoms with E-state index in [-0.39, 0.29) is 18.4 Å². The van der Waals surface area contributed by atoms with Gasteiger partial charge in [-0.2, -0.15) is 0 Å². The molecule has 0 unspecified atom stereocenters. The van der Waals surface area contributed by atoms with Crippen LogP contribution in [-0.2, 0) is 4.79 Å². The minimum absolute atomic E-state index is 0.0229. The van der Waals surface area contributed by atoms with Gasteiger partial charge in [0.2, 0.25) is 5.91 Å². The van der Waals surface area contributed by atoms with E-state index in [1.807, 2.05) is 6.92 Å². The lowest BCUT2D eigenvalue weighted by molar-refractivity contribution is -0.129. The lowest BCUT2D eigenvalue weighted by atomic mass is 10.2. The van der Waals surface area contributed by atoms with Gasteiger partial charge in [0.1, 0.15) is 0 Å². The number of hydrogen-bond donors (Lipinski definition) is 2. The third-order valence-corrected chi connectivity index (χ3v) is 2.66. The predicted octanol–water partition coefficient (Wildman–Crippen LogP) is 1.03. The third-order valence-electron chi connectivity index (χ3n) is 2.66. The van der Waals surface area contributed by atoms with Crippen LogP contribution in [0.15, 0.2) is 36.9 Å². The first-order valence-electron chi connectivity index (χ1n) is 6.11. The van der Waals surface area contributed by atoms with Gasteiger partial charge in [0.05, 0.1) is 6.54 Å². The Morgan fingerprint density at radius 1 is 1.37 bits per heavy atom. The van der Waals surface area contributed by atoms with Crippen LogP contribution in [0.4, 0.5) is 5.69 Å². The molecule has 0 aliphatic carbocycles. The van der Waals surface area contributed by atoms with Crippen molar-refractivity contribution in [2.75, 3.05) is 25.4 Å². The summed E-state index contributed by atoms with van der Waals surface area (Å²) in [7, 11) is 0. The number of nitrogen functional groups attached to an aromatic ring is 1. The SMILES string of the molecule is C=CCN(CC)C(=O)CNC(=O)c1ccc(N)cc1. The molecule has 1 aromatic rings. The van der Waals surface area contributed by atoms with Gasteiger partial charge < -0.3 is 16.0 Å². The van der Waals surface area contributed by atoms with Crippen molar-refractivity contribution in [3.8, 4) is 0 Å². The van der Waals surface area contributed by atoms with Crippen molar-refractivity contribution in [3.63, 3.8) is 0 Å². The number of rotatable bonds is 6. The molecule has 1 aromatic carbocycles. The summed E-state index contributed by atoms with van der Waals surface area (Å²) in [6, 6.07) is 6.53. The molecule has 0 aliphatic rings. The van der Waals surface area contributed by atoms with Crippen molar-refractivity contribution in [3.05, 3.63) is 42.5 Å². The van der Waals surface area contributed by atoms with Crippen LogP contribution in [0.2, 0.25) is 0 Å². The maximum Gasteiger partial charge on any atom is 0.251 e. The number of likely N-dealkylation sites (N-methyl/N-ethyl adjacent to an activating group) is 1. The molecule has 0 saturated carbocycles. The Bertz CT molecular complexity index is 454. The Hall–Kier alpha value is -2.30. The summed E-state index contributed by atoms with van der Waals surface area (Å²) in [6.45, 7) is 6.51. The summed E-state index contributed by atoms with van der Waals surface area (Å²) in [5.74, 6) is -0.422. The zero-order chi connectivity index (χ0) is 14.3. The fourth-order valence-corrected chi connectivity index (χ4v) is 1.57. The van der Waals surface area contributed by atoms with E-state index < -0.39 is 0 Å². The van der Waals surface area contributed by atoms with E-state index in [0.717, 1.165) is 0 Å². The molecule has 0 spiro atoms. The monoisotopic (exact) mass is 261 g/mol. The number of anilines is 1. The first-order chi connectivity index (χ1) is 9.08. The normalized spacial score (nSPS) is 9.74. The van der Waals surface area contributed by atoms with Gasteiger partial charge in [-0.05, 0) is 31.2 Å². The minimum Gasteiger partial charge on any atom is -0.399 e. The van der Waals surface area contributed by atoms with Gasteiger partial charge in [0, 0.05) is 24.3 Å². The highest BCUT2D eigenvalue weighted by atomic mass is 16.2. The number of nitrogens with zero attached hydrogens (tertiary/aromatic N) is 1. The molecule has 1 rings (SSSR count). The molecular weight excluding hydrogens is 242 g/mol. The van der Waals surface area contributed by atoms with E-state index in [1.54, 1.807) is 35.2 Å². The smallest absolute Gasteiger partial charge is 0.251 e. The number of benzene rings is 1. The van der Waals surface area contributed by atoms with Crippen LogP contribution in [-0.4, -0.2) is 36.3 Å². The maximum atomic E-state index is 11.8. The zero-order valence-corrected chi connectivity index (χ0v) is 11.1. The van der Waals surface area contributed by atoms with Crippen molar-refractivity contribution in [1.82, 2.24) is 10.2 Å². The summed E-state index contributed by atoms with van der Waals surface area (Å²) < 4.78 is 0. The second-order valence-corrected chi connectivity index (χ2v) is 4.03. The fraction of sp³-hybridized carbons (Fsp3) is 0.286. The first-order valence-corrected chi connectivity index (χ1v) is 6.11. The topological polar surface area (TPSA) is 75.4 Å². The Morgan fingerprint density at radius 3 is 2.53 bits per heavy atom. The number of nitrogens with two attached hydrogens (primary N) is 1. The lowest BCUT2D eigenvalue weighted by Crippen LogP contribution is -2.40. The summed E-state index contributed by atoms with van der Waals surface area (Å²) >= 11 is 0. The van der Waals surface area contributed by atoms with Crippen LogP contribution in [0.3, 0.4) is 0 Å². The molecule has 0 bridgehead atoms. The molecule has 0 heterocycles. The third kappa shape index (κ3) is 4.46. The molecular formula is C14H19N3O2. The van der Waals surface area contributed by atoms with Gasteiger partial charge in [-0.3, -0.25) is 9.59 Å². The van der Waals surface area contributed by atoms with Crippen LogP contribution in [0.1, 0.15) is 17.3 Å². The van der Waals surface area contributed by atoms with Gasteiger partial charge in [0.15, 0.2) is 0 Å². The number of hydrogen-bond acceptors (Lipinski definition) is 3. The van der Waals surface area contributed by atoms with E-state index in [0.29, 0.717) is 24.3 Å². The van der Waals surface area contributed by atoms with Crippen molar-refractivity contribution >= 4 is 17.5 Å². The van der Waals surface area contributed by atoms with E-state index in [1.165, 1.54) is 0 Å². The molecule has 5 nitrogen and oxygen atoms in total. The molecule has 5 heteroatoms. The van der Waals surface area contributed by atoms with Crippen LogP contribution in [0.25, 0.3) is 0 Å². The standard InChI is InChI=1S/C14H19N3O2/c1-3-9-17(4-2)13(18)10-16-14(19)11-5-7-12(15)8-6-11/h3,5-8H,1,4,9-10,15H2,2H3,(H,16,19). The largest absolute Gasteiger partial charge is 0.399 e. The number of nitrogens with one attached hydrogen (secondary N) is 1. The highest BCUT2D eigenvalue weighted by Crippen LogP contribution is 2.04. The van der Waals surface area contributed by atoms with Gasteiger partial charge in [-0.1, -0.05) is 6.08 Å². The second-order valence-electron chi connectivity index (χ2n) is 4.03. The Morgan fingerprint density at radius 2 is 2.00 bits per heavy atom. The van der Waals surface area contributed by atoms with Crippen LogP contribution >= 0.6 is 0 Å². The molecule has 0 atom stereocenters. The number of amides is 2. The number of carbonyl (C=O) groups is 2. The fourth-order valence-electron chi connectivity index (χ4n) is 1.57. The molecule has 3 N–H and O–H groups in total. The molecule has 0 aromatic heterocycles. The molecule has 102 valence electrons. The van der Waals surface area contributed by atoms with Gasteiger partial charge in [0.25, 0.3) is 5.91 Å². The average Bonchev–Trinajstić information content (AvgIpc) is 2.42. The van der Waals surface area contributed by atoms with Crippen molar-refractivity contribution in [1.29, 1.82) is 0 Å². The van der Waals surface area contributed by atoms with Crippen LogP contribution in [0, 0.1) is 0 Å². The van der Waals surface area contributed by atoms with E-state index >= 15 is 0 Å². The maximum absolute atomic E-state index is 11.8. The Labute approximate surface area is 113 Å². The predicted molar refractivity (Wildman–Crippen MR) is 75.6 cm³/mol. The lowest BCUT2D eigenvalue weighted by Gasteiger charge is -2.19. The molecule has 0 aliphatic heterocycles. The second kappa shape index (κ2) is 7.20. The molecule has 0 fully saturated rings. The summed E-state index contributed by atoms with van der Waals surface area (Å²) in [6.07, 6.45) is 1.66. The Balaban J connectivity index is 2.52. The highest BCUT2D eigenvalue weighted by Gasteiger charge is 2.12. The summed E-state index contributed by atoms with van der Waals surface area (Å²) in [5.41, 5.74) is 6.61. The summed E-state index contributed by atoms with van der Waals surface area (Å²) in [4.78, 5) is 25.2. The first kappa shape index (κ1) is 14.8. The molecule has 0 radical (unpaired) electrons. The van der Waals surface area contributed by atoms with E-state index in [9.17, 15) is 9.59 Å². The zero-order valence-electron chi connectivity index (χ0n) is 11.1. The molecule has 19 heavy (non-hydrogen) atoms. The van der Waals surface area contributed by atoms with Gasteiger partial charge in [-0.15, -0.1) is 6.58 Å². The van der Waals surface area contributed by atoms with E-state index in [4.69, 9.17) is 5.73 Å². The van der Waals surface area contributed by atoms with Crippen molar-refractivity contribution < 1.29 is 9.59 Å². The summed E-state index contributed by atoms with van der Waals surface area (Å²) in [5, 5.41) is 2.59. The van der Waals surface area contributed by atoms with Crippen LogP contribution < -0.4 is 11.1 Å². The van der Waals surface area contributed by atoms with Crippen LogP contribution in [0.5, 0.6) is 0 Å². The van der Waals surface area contributed by atoms with Crippen molar-refractivity contribution in [2.45, 2.75) is 6.92 Å². The average molecular weight is 261 g/mol. The minimum atomic E-state index is -0.289. The number of carbonyl (C=O) groups excluding carboxylic acids is 2. The highest BCUT2D eigenvalue weighted by molar-refractivity contribution is 5.96.